The van der Waals surface area contributed by atoms with Crippen LogP contribution in [0.25, 0.3) is 0 Å². The molecule has 10 heteroatoms. The van der Waals surface area contributed by atoms with Crippen molar-refractivity contribution in [2.75, 3.05) is 13.6 Å². The zero-order chi connectivity index (χ0) is 20.9. The van der Waals surface area contributed by atoms with Gasteiger partial charge in [-0.1, -0.05) is 24.3 Å². The lowest BCUT2D eigenvalue weighted by Gasteiger charge is -2.16. The molecule has 1 saturated heterocycles. The van der Waals surface area contributed by atoms with E-state index in [1.54, 1.807) is 7.05 Å². The summed E-state index contributed by atoms with van der Waals surface area (Å²) in [7, 11) is 1.59. The molecule has 1 fully saturated rings. The van der Waals surface area contributed by atoms with Gasteiger partial charge in [0.05, 0.1) is 6.54 Å². The molecule has 0 saturated carbocycles. The Bertz CT molecular complexity index is 881. The van der Waals surface area contributed by atoms with Gasteiger partial charge < -0.3 is 15.5 Å². The summed E-state index contributed by atoms with van der Waals surface area (Å²) >= 11 is 0.952. The van der Waals surface area contributed by atoms with E-state index < -0.39 is 11.9 Å². The van der Waals surface area contributed by atoms with Gasteiger partial charge in [0.15, 0.2) is 11.7 Å². The summed E-state index contributed by atoms with van der Waals surface area (Å²) in [4.78, 5) is 21.3. The Balaban J connectivity index is 1.51. The molecule has 1 amide bonds. The third kappa shape index (κ3) is 5.93. The standard InChI is InChI=1S/C19H22F3N5OS/c1-23-18(25-10-16-26-15(12-29-16)19(20,21)22)24-9-13-4-2-5-14(8-13)11-27-7-3-6-17(27)28/h2,4-5,8,12H,3,6-7,9-11H2,1H3,(H2,23,24,25). The maximum absolute atomic E-state index is 12.6. The second kappa shape index (κ2) is 9.25. The van der Waals surface area contributed by atoms with Gasteiger partial charge in [-0.2, -0.15) is 13.2 Å². The number of likely N-dealkylation sites (tertiary alicyclic amines) is 1. The summed E-state index contributed by atoms with van der Waals surface area (Å²) in [6.07, 6.45) is -2.90. The van der Waals surface area contributed by atoms with E-state index in [9.17, 15) is 18.0 Å². The van der Waals surface area contributed by atoms with Crippen molar-refractivity contribution >= 4 is 23.2 Å². The quantitative estimate of drug-likeness (QED) is 0.551. The number of rotatable bonds is 6. The van der Waals surface area contributed by atoms with E-state index in [-0.39, 0.29) is 12.5 Å². The van der Waals surface area contributed by atoms with Crippen LogP contribution in [0.15, 0.2) is 34.6 Å². The molecule has 156 valence electrons. The Hall–Kier alpha value is -2.62. The number of alkyl halides is 3. The van der Waals surface area contributed by atoms with E-state index in [0.29, 0.717) is 30.5 Å². The first kappa shape index (κ1) is 21.1. The Morgan fingerprint density at radius 2 is 2.03 bits per heavy atom. The first-order valence-corrected chi connectivity index (χ1v) is 10.0. The van der Waals surface area contributed by atoms with Gasteiger partial charge in [-0.3, -0.25) is 9.79 Å². The highest BCUT2D eigenvalue weighted by molar-refractivity contribution is 7.09. The minimum atomic E-state index is -4.43. The first-order valence-electron chi connectivity index (χ1n) is 9.17. The number of guanidine groups is 1. The van der Waals surface area contributed by atoms with Gasteiger partial charge in [-0.15, -0.1) is 11.3 Å². The lowest BCUT2D eigenvalue weighted by atomic mass is 10.1. The monoisotopic (exact) mass is 425 g/mol. The highest BCUT2D eigenvalue weighted by Gasteiger charge is 2.33. The smallest absolute Gasteiger partial charge is 0.352 e. The van der Waals surface area contributed by atoms with Crippen molar-refractivity contribution in [3.63, 3.8) is 0 Å². The average molecular weight is 425 g/mol. The molecule has 29 heavy (non-hydrogen) atoms. The summed E-state index contributed by atoms with van der Waals surface area (Å²) in [5, 5.41) is 7.44. The molecule has 6 nitrogen and oxygen atoms in total. The fraction of sp³-hybridized carbons (Fsp3) is 0.421. The van der Waals surface area contributed by atoms with Crippen LogP contribution in [0, 0.1) is 0 Å². The molecule has 0 spiro atoms. The molecular weight excluding hydrogens is 403 g/mol. The number of aromatic nitrogens is 1. The van der Waals surface area contributed by atoms with Gasteiger partial charge in [0.1, 0.15) is 5.01 Å². The van der Waals surface area contributed by atoms with Crippen LogP contribution in [0.5, 0.6) is 0 Å². The van der Waals surface area contributed by atoms with Gasteiger partial charge in [-0.25, -0.2) is 4.98 Å². The summed E-state index contributed by atoms with van der Waals surface area (Å²) < 4.78 is 37.9. The van der Waals surface area contributed by atoms with E-state index in [1.807, 2.05) is 29.2 Å². The van der Waals surface area contributed by atoms with Crippen molar-refractivity contribution in [1.82, 2.24) is 20.5 Å². The maximum atomic E-state index is 12.6. The van der Waals surface area contributed by atoms with Gasteiger partial charge in [0, 0.05) is 38.5 Å². The molecule has 2 N–H and O–H groups in total. The number of amides is 1. The van der Waals surface area contributed by atoms with Crippen LogP contribution in [0.2, 0.25) is 0 Å². The van der Waals surface area contributed by atoms with Crippen molar-refractivity contribution in [2.45, 2.75) is 38.7 Å². The van der Waals surface area contributed by atoms with E-state index in [1.165, 1.54) is 0 Å². The number of carbonyl (C=O) groups excluding carboxylic acids is 1. The molecule has 1 aromatic carbocycles. The van der Waals surface area contributed by atoms with Crippen LogP contribution in [-0.4, -0.2) is 35.3 Å². The maximum Gasteiger partial charge on any atom is 0.434 e. The van der Waals surface area contributed by atoms with E-state index in [4.69, 9.17) is 0 Å². The van der Waals surface area contributed by atoms with Crippen molar-refractivity contribution in [3.8, 4) is 0 Å². The first-order chi connectivity index (χ1) is 13.8. The highest BCUT2D eigenvalue weighted by Crippen LogP contribution is 2.29. The third-order valence-electron chi connectivity index (χ3n) is 4.47. The largest absolute Gasteiger partial charge is 0.434 e. The lowest BCUT2D eigenvalue weighted by Crippen LogP contribution is -2.36. The number of benzene rings is 1. The normalized spacial score (nSPS) is 15.1. The fourth-order valence-electron chi connectivity index (χ4n) is 3.02. The van der Waals surface area contributed by atoms with Crippen molar-refractivity contribution in [2.24, 2.45) is 4.99 Å². The SMILES string of the molecule is CN=C(NCc1cccc(CN2CCCC2=O)c1)NCc1nc(C(F)(F)F)cs1. The third-order valence-corrected chi connectivity index (χ3v) is 5.32. The van der Waals surface area contributed by atoms with Gasteiger partial charge in [0.25, 0.3) is 0 Å². The zero-order valence-electron chi connectivity index (χ0n) is 15.9. The zero-order valence-corrected chi connectivity index (χ0v) is 16.7. The van der Waals surface area contributed by atoms with Crippen LogP contribution < -0.4 is 10.6 Å². The molecule has 1 aromatic heterocycles. The van der Waals surface area contributed by atoms with E-state index in [2.05, 4.69) is 20.6 Å². The molecule has 1 aliphatic rings. The molecule has 0 bridgehead atoms. The summed E-state index contributed by atoms with van der Waals surface area (Å²) in [5.74, 6) is 0.655. The fourth-order valence-corrected chi connectivity index (χ4v) is 3.76. The van der Waals surface area contributed by atoms with Crippen LogP contribution in [0.1, 0.15) is 34.7 Å². The number of nitrogens with zero attached hydrogens (tertiary/aromatic N) is 3. The number of hydrogen-bond donors (Lipinski definition) is 2. The second-order valence-corrected chi connectivity index (χ2v) is 7.59. The van der Waals surface area contributed by atoms with Crippen LogP contribution in [-0.2, 0) is 30.6 Å². The van der Waals surface area contributed by atoms with Gasteiger partial charge >= 0.3 is 6.18 Å². The van der Waals surface area contributed by atoms with E-state index >= 15 is 0 Å². The molecule has 0 aliphatic carbocycles. The lowest BCUT2D eigenvalue weighted by molar-refractivity contribution is -0.140. The Labute approximate surface area is 170 Å². The molecule has 2 heterocycles. The van der Waals surface area contributed by atoms with Crippen molar-refractivity contribution in [1.29, 1.82) is 0 Å². The van der Waals surface area contributed by atoms with E-state index in [0.717, 1.165) is 40.8 Å². The predicted octanol–water partition coefficient (Wildman–Crippen LogP) is 3.15. The number of halogens is 3. The van der Waals surface area contributed by atoms with Gasteiger partial charge in [0.2, 0.25) is 5.91 Å². The van der Waals surface area contributed by atoms with Crippen molar-refractivity contribution < 1.29 is 18.0 Å². The highest BCUT2D eigenvalue weighted by atomic mass is 32.1. The molecule has 0 radical (unpaired) electrons. The van der Waals surface area contributed by atoms with Crippen LogP contribution in [0.3, 0.4) is 0 Å². The molecule has 2 aromatic rings. The predicted molar refractivity (Wildman–Crippen MR) is 105 cm³/mol. The topological polar surface area (TPSA) is 69.6 Å². The minimum absolute atomic E-state index is 0.150. The van der Waals surface area contributed by atoms with Crippen LogP contribution >= 0.6 is 11.3 Å². The average Bonchev–Trinajstić information content (AvgIpc) is 3.32. The molecule has 0 unspecified atom stereocenters. The Morgan fingerprint density at radius 3 is 2.69 bits per heavy atom. The number of aliphatic imine (C=N–C) groups is 1. The number of thiazole rings is 1. The molecular formula is C19H22F3N5OS. The molecule has 1 aliphatic heterocycles. The molecule has 3 rings (SSSR count). The number of carbonyl (C=O) groups is 1. The Morgan fingerprint density at radius 1 is 1.28 bits per heavy atom. The summed E-state index contributed by atoms with van der Waals surface area (Å²) in [6, 6.07) is 7.93. The van der Waals surface area contributed by atoms with Crippen LogP contribution in [0.4, 0.5) is 13.2 Å². The Kier molecular flexibility index (Phi) is 6.73. The van der Waals surface area contributed by atoms with Crippen molar-refractivity contribution in [3.05, 3.63) is 51.5 Å². The summed E-state index contributed by atoms with van der Waals surface area (Å²) in [5.41, 5.74) is 1.20. The number of hydrogen-bond acceptors (Lipinski definition) is 4. The minimum Gasteiger partial charge on any atom is -0.352 e. The second-order valence-electron chi connectivity index (χ2n) is 6.64. The number of nitrogens with one attached hydrogen (secondary N) is 2. The molecule has 0 atom stereocenters. The van der Waals surface area contributed by atoms with Gasteiger partial charge in [-0.05, 0) is 17.5 Å². The summed E-state index contributed by atoms with van der Waals surface area (Å²) in [6.45, 7) is 2.04.